The molecule has 0 aromatic carbocycles. The van der Waals surface area contributed by atoms with Crippen molar-refractivity contribution < 1.29 is 29.6 Å². The van der Waals surface area contributed by atoms with Crippen LogP contribution in [0.1, 0.15) is 108 Å². The highest BCUT2D eigenvalue weighted by molar-refractivity contribution is 5.93. The maximum atomic E-state index is 14.9. The van der Waals surface area contributed by atoms with Crippen molar-refractivity contribution in [2.75, 3.05) is 6.61 Å². The molecule has 0 heterocycles. The molecule has 3 aliphatic rings. The highest BCUT2D eigenvalue weighted by atomic mass is 16.6. The van der Waals surface area contributed by atoms with Gasteiger partial charge < -0.3 is 20.1 Å². The first kappa shape index (κ1) is 35.1. The highest BCUT2D eigenvalue weighted by Gasteiger charge is 2.74. The third-order valence-corrected chi connectivity index (χ3v) is 11.1. The summed E-state index contributed by atoms with van der Waals surface area (Å²) in [6.07, 6.45) is 8.28. The number of hydrazine groups is 1. The summed E-state index contributed by atoms with van der Waals surface area (Å²) in [7, 11) is 0. The van der Waals surface area contributed by atoms with Crippen LogP contribution in [0.3, 0.4) is 0 Å². The maximum absolute atomic E-state index is 14.9. The van der Waals surface area contributed by atoms with Gasteiger partial charge in [0.05, 0.1) is 23.1 Å². The van der Waals surface area contributed by atoms with Gasteiger partial charge in [-0.15, -0.1) is 0 Å². The van der Waals surface area contributed by atoms with E-state index in [9.17, 15) is 24.9 Å². The third-order valence-electron chi connectivity index (χ3n) is 11.1. The van der Waals surface area contributed by atoms with E-state index in [2.05, 4.69) is 32.2 Å². The van der Waals surface area contributed by atoms with Gasteiger partial charge in [-0.2, -0.15) is 0 Å². The number of rotatable bonds is 11. The Balaban J connectivity index is 2.17. The zero-order chi connectivity index (χ0) is 32.7. The van der Waals surface area contributed by atoms with E-state index in [1.54, 1.807) is 24.9 Å². The molecule has 0 aromatic rings. The number of fused-ring (bicyclic) bond motifs is 4. The molecule has 0 aromatic heterocycles. The lowest BCUT2D eigenvalue weighted by Crippen LogP contribution is -2.68. The molecule has 2 saturated carbocycles. The average Bonchev–Trinajstić information content (AvgIpc) is 3.50. The number of carbonyl (C=O) groups excluding carboxylic acids is 2. The number of carbonyl (C=O) groups is 2. The van der Waals surface area contributed by atoms with Crippen molar-refractivity contribution in [2.45, 2.75) is 131 Å². The molecule has 8 heteroatoms. The summed E-state index contributed by atoms with van der Waals surface area (Å²) in [5.74, 6) is -1.25. The third kappa shape index (κ3) is 5.66. The topological polar surface area (TPSA) is 119 Å². The van der Waals surface area contributed by atoms with Gasteiger partial charge >= 0.3 is 5.97 Å². The quantitative estimate of drug-likeness (QED) is 0.0504. The second-order valence-corrected chi connectivity index (χ2v) is 14.8. The standard InChI is InChI=1S/C35H56N2O6/c1-12-15-16-17-34-21(4)18-27-28(33(27,10)11)26(30(34)40)19-24(20-38)29(39)35(34,42)23(6)43-31(41)25(13-2)22(5)37(36-14-3)32(7,8)9/h3,19,21,23,26-29,36,38-39,42H,12-13,15-18,20H2,1-2,4-11H3/b25-22+/t21-,23?,26?,27?,28+,29?,34?,35?/m1/s1. The van der Waals surface area contributed by atoms with Crippen LogP contribution in [0.2, 0.25) is 0 Å². The number of nitrogens with one attached hydrogen (secondary N) is 1. The second-order valence-electron chi connectivity index (χ2n) is 14.8. The van der Waals surface area contributed by atoms with Gasteiger partial charge in [0, 0.05) is 17.7 Å². The predicted octanol–water partition coefficient (Wildman–Crippen LogP) is 4.89. The van der Waals surface area contributed by atoms with Crippen LogP contribution in [0.25, 0.3) is 0 Å². The number of allylic oxidation sites excluding steroid dienone is 2. The molecule has 0 aliphatic heterocycles. The molecule has 3 rings (SSSR count). The number of terminal acetylenes is 1. The monoisotopic (exact) mass is 600 g/mol. The number of ketones is 1. The molecule has 2 bridgehead atoms. The van der Waals surface area contributed by atoms with Gasteiger partial charge in [0.15, 0.2) is 0 Å². The minimum absolute atomic E-state index is 0.0591. The summed E-state index contributed by atoms with van der Waals surface area (Å²) >= 11 is 0. The van der Waals surface area contributed by atoms with Crippen LogP contribution >= 0.6 is 0 Å². The van der Waals surface area contributed by atoms with E-state index in [-0.39, 0.29) is 34.5 Å². The largest absolute Gasteiger partial charge is 0.456 e. The fourth-order valence-corrected chi connectivity index (χ4v) is 8.63. The molecule has 8 nitrogen and oxygen atoms in total. The van der Waals surface area contributed by atoms with Crippen LogP contribution in [-0.4, -0.2) is 62.0 Å². The predicted molar refractivity (Wildman–Crippen MR) is 168 cm³/mol. The second kappa shape index (κ2) is 12.6. The average molecular weight is 601 g/mol. The molecule has 43 heavy (non-hydrogen) atoms. The molecule has 6 unspecified atom stereocenters. The Morgan fingerprint density at radius 1 is 1.28 bits per heavy atom. The van der Waals surface area contributed by atoms with E-state index in [1.165, 1.54) is 0 Å². The normalized spacial score (nSPS) is 34.4. The zero-order valence-electron chi connectivity index (χ0n) is 28.1. The van der Waals surface area contributed by atoms with Crippen LogP contribution < -0.4 is 5.43 Å². The van der Waals surface area contributed by atoms with Crippen LogP contribution in [0, 0.1) is 47.0 Å². The number of esters is 1. The fourth-order valence-electron chi connectivity index (χ4n) is 8.63. The van der Waals surface area contributed by atoms with Crippen LogP contribution in [0.15, 0.2) is 22.9 Å². The molecular weight excluding hydrogens is 544 g/mol. The zero-order valence-corrected chi connectivity index (χ0v) is 28.1. The number of unbranched alkanes of at least 4 members (excludes halogenated alkanes) is 2. The first-order valence-corrected chi connectivity index (χ1v) is 16.1. The molecule has 0 radical (unpaired) electrons. The van der Waals surface area contributed by atoms with Crippen molar-refractivity contribution in [2.24, 2.45) is 34.5 Å². The number of aliphatic hydroxyl groups excluding tert-OH is 2. The molecule has 0 spiro atoms. The number of Topliss-reactive ketones (excluding diaryl/α,β-unsaturated/α-hetero) is 1. The van der Waals surface area contributed by atoms with Gasteiger partial charge in [-0.1, -0.05) is 66.4 Å². The van der Waals surface area contributed by atoms with Crippen molar-refractivity contribution in [3.63, 3.8) is 0 Å². The summed E-state index contributed by atoms with van der Waals surface area (Å²) < 4.78 is 6.09. The van der Waals surface area contributed by atoms with Crippen molar-refractivity contribution >= 4 is 11.8 Å². The van der Waals surface area contributed by atoms with E-state index in [1.807, 2.05) is 34.6 Å². The van der Waals surface area contributed by atoms with Crippen molar-refractivity contribution in [1.82, 2.24) is 10.4 Å². The Morgan fingerprint density at radius 3 is 2.42 bits per heavy atom. The Morgan fingerprint density at radius 2 is 1.91 bits per heavy atom. The Bertz CT molecular complexity index is 1180. The van der Waals surface area contributed by atoms with Gasteiger partial charge in [-0.3, -0.25) is 15.2 Å². The number of ether oxygens (including phenoxy) is 1. The van der Waals surface area contributed by atoms with Gasteiger partial charge in [-0.05, 0) is 82.6 Å². The van der Waals surface area contributed by atoms with E-state index >= 15 is 0 Å². The van der Waals surface area contributed by atoms with Gasteiger partial charge in [0.2, 0.25) is 0 Å². The van der Waals surface area contributed by atoms with E-state index in [0.29, 0.717) is 30.5 Å². The first-order chi connectivity index (χ1) is 19.9. The highest BCUT2D eigenvalue weighted by Crippen LogP contribution is 2.71. The summed E-state index contributed by atoms with van der Waals surface area (Å²) in [5.41, 5.74) is -0.0568. The summed E-state index contributed by atoms with van der Waals surface area (Å²) in [5, 5.41) is 37.1. The molecule has 0 saturated heterocycles. The van der Waals surface area contributed by atoms with Crippen LogP contribution in [0.4, 0.5) is 0 Å². The Hall–Kier alpha value is -2.34. The molecule has 242 valence electrons. The van der Waals surface area contributed by atoms with E-state index in [4.69, 9.17) is 11.2 Å². The molecular formula is C35H56N2O6. The summed E-state index contributed by atoms with van der Waals surface area (Å²) in [6, 6.07) is 2.43. The van der Waals surface area contributed by atoms with Gasteiger partial charge in [-0.25, -0.2) is 4.79 Å². The smallest absolute Gasteiger partial charge is 0.336 e. The molecule has 3 aliphatic carbocycles. The lowest BCUT2D eigenvalue weighted by molar-refractivity contribution is -0.227. The van der Waals surface area contributed by atoms with Crippen molar-refractivity contribution in [3.8, 4) is 12.5 Å². The molecule has 2 fully saturated rings. The number of hydrogen-bond donors (Lipinski definition) is 4. The van der Waals surface area contributed by atoms with Crippen LogP contribution in [0.5, 0.6) is 0 Å². The SMILES string of the molecule is C#CNN(/C(C)=C(\CC)C(=O)OC(C)C1(O)C(O)C(CO)=CC2C(=O)C1(CCCCC)[C@H](C)CC1[C@H]2C1(C)C)C(C)(C)C. The van der Waals surface area contributed by atoms with E-state index in [0.717, 1.165) is 19.3 Å². The van der Waals surface area contributed by atoms with E-state index < -0.39 is 47.3 Å². The minimum Gasteiger partial charge on any atom is -0.456 e. The lowest BCUT2D eigenvalue weighted by atomic mass is 9.54. The lowest BCUT2D eigenvalue weighted by Gasteiger charge is -2.53. The van der Waals surface area contributed by atoms with Crippen LogP contribution in [-0.2, 0) is 14.3 Å². The van der Waals surface area contributed by atoms with Crippen molar-refractivity contribution in [3.05, 3.63) is 22.9 Å². The Labute approximate surface area is 259 Å². The molecule has 4 N–H and O–H groups in total. The summed E-state index contributed by atoms with van der Waals surface area (Å²) in [6.45, 7) is 19.0. The molecule has 0 amide bonds. The maximum Gasteiger partial charge on any atom is 0.336 e. The van der Waals surface area contributed by atoms with Gasteiger partial charge in [0.1, 0.15) is 23.6 Å². The van der Waals surface area contributed by atoms with Crippen molar-refractivity contribution in [1.29, 1.82) is 0 Å². The number of hydrogen-bond acceptors (Lipinski definition) is 8. The molecule has 8 atom stereocenters. The Kier molecular flexibility index (Phi) is 10.3. The number of nitrogens with zero attached hydrogens (tertiary/aromatic N) is 1. The first-order valence-electron chi connectivity index (χ1n) is 16.1. The minimum atomic E-state index is -2.16. The van der Waals surface area contributed by atoms with Gasteiger partial charge in [0.25, 0.3) is 0 Å². The fraction of sp³-hybridized carbons (Fsp3) is 0.771. The summed E-state index contributed by atoms with van der Waals surface area (Å²) in [4.78, 5) is 28.8. The number of aliphatic hydroxyl groups is 3.